The second kappa shape index (κ2) is 6.40. The molecule has 0 radical (unpaired) electrons. The van der Waals surface area contributed by atoms with Gasteiger partial charge in [-0.3, -0.25) is 4.79 Å². The Morgan fingerprint density at radius 2 is 1.94 bits per heavy atom. The van der Waals surface area contributed by atoms with Gasteiger partial charge in [0.15, 0.2) is 0 Å². The number of hydrogen-bond donors (Lipinski definition) is 2. The first kappa shape index (κ1) is 14.5. The maximum atomic E-state index is 11.3. The van der Waals surface area contributed by atoms with Crippen LogP contribution < -0.4 is 5.32 Å². The highest BCUT2D eigenvalue weighted by molar-refractivity contribution is 5.71. The molecule has 18 heavy (non-hydrogen) atoms. The third-order valence-electron chi connectivity index (χ3n) is 2.92. The Balaban J connectivity index is 2.73. The van der Waals surface area contributed by atoms with Crippen LogP contribution in [0.15, 0.2) is 24.3 Å². The van der Waals surface area contributed by atoms with Crippen molar-refractivity contribution in [1.29, 1.82) is 0 Å². The van der Waals surface area contributed by atoms with E-state index in [1.807, 2.05) is 38.1 Å². The molecule has 0 aromatic heterocycles. The van der Waals surface area contributed by atoms with Crippen molar-refractivity contribution in [3.05, 3.63) is 29.8 Å². The van der Waals surface area contributed by atoms with Gasteiger partial charge >= 0.3 is 5.97 Å². The van der Waals surface area contributed by atoms with Gasteiger partial charge in [0.1, 0.15) is 0 Å². The molecule has 0 spiro atoms. The number of aliphatic hydroxyl groups is 1. The van der Waals surface area contributed by atoms with E-state index in [1.165, 1.54) is 7.11 Å². The highest BCUT2D eigenvalue weighted by Gasteiger charge is 2.24. The van der Waals surface area contributed by atoms with E-state index < -0.39 is 0 Å². The van der Waals surface area contributed by atoms with Crippen LogP contribution in [0.2, 0.25) is 0 Å². The fraction of sp³-hybridized carbons (Fsp3) is 0.500. The summed E-state index contributed by atoms with van der Waals surface area (Å²) in [5.74, 6) is -0.206. The van der Waals surface area contributed by atoms with Gasteiger partial charge in [0.05, 0.1) is 20.1 Å². The molecule has 0 aliphatic heterocycles. The number of carbonyl (C=O) groups is 1. The molecule has 0 heterocycles. The fourth-order valence-electron chi connectivity index (χ4n) is 1.77. The lowest BCUT2D eigenvalue weighted by molar-refractivity contribution is -0.141. The van der Waals surface area contributed by atoms with Gasteiger partial charge in [-0.25, -0.2) is 0 Å². The largest absolute Gasteiger partial charge is 0.469 e. The van der Waals surface area contributed by atoms with E-state index in [-0.39, 0.29) is 18.0 Å². The van der Waals surface area contributed by atoms with Gasteiger partial charge in [-0.1, -0.05) is 26.0 Å². The number of hydrogen-bond acceptors (Lipinski definition) is 4. The lowest BCUT2D eigenvalue weighted by Crippen LogP contribution is -2.22. The van der Waals surface area contributed by atoms with Crippen molar-refractivity contribution >= 4 is 11.7 Å². The minimum Gasteiger partial charge on any atom is -0.469 e. The molecule has 0 aliphatic carbocycles. The molecule has 1 aromatic rings. The summed E-state index contributed by atoms with van der Waals surface area (Å²) in [5, 5.41) is 11.8. The van der Waals surface area contributed by atoms with Crippen LogP contribution in [0, 0.1) is 0 Å². The van der Waals surface area contributed by atoms with Crippen LogP contribution in [-0.4, -0.2) is 31.3 Å². The average molecular weight is 251 g/mol. The molecule has 1 rings (SSSR count). The second-order valence-corrected chi connectivity index (χ2v) is 4.86. The molecule has 4 nitrogen and oxygen atoms in total. The second-order valence-electron chi connectivity index (χ2n) is 4.86. The topological polar surface area (TPSA) is 58.6 Å². The number of carbonyl (C=O) groups excluding carboxylic acids is 1. The third-order valence-corrected chi connectivity index (χ3v) is 2.92. The first-order valence-corrected chi connectivity index (χ1v) is 6.01. The van der Waals surface area contributed by atoms with Crippen LogP contribution >= 0.6 is 0 Å². The normalized spacial score (nSPS) is 11.1. The Kier molecular flexibility index (Phi) is 5.16. The van der Waals surface area contributed by atoms with Gasteiger partial charge in [0.2, 0.25) is 0 Å². The van der Waals surface area contributed by atoms with E-state index in [4.69, 9.17) is 9.84 Å². The van der Waals surface area contributed by atoms with E-state index in [9.17, 15) is 4.79 Å². The number of aliphatic hydroxyl groups excluding tert-OH is 1. The van der Waals surface area contributed by atoms with Gasteiger partial charge in [-0.15, -0.1) is 0 Å². The smallest absolute Gasteiger partial charge is 0.306 e. The van der Waals surface area contributed by atoms with Crippen LogP contribution in [0.1, 0.15) is 25.8 Å². The van der Waals surface area contributed by atoms with Crippen LogP contribution in [0.4, 0.5) is 5.69 Å². The molecule has 0 bridgehead atoms. The lowest BCUT2D eigenvalue weighted by atomic mass is 9.81. The zero-order valence-electron chi connectivity index (χ0n) is 11.2. The standard InChI is InChI=1S/C14H21NO3/c1-14(2,10-13(17)18-3)11-4-6-12(7-5-11)15-8-9-16/h4-7,15-16H,8-10H2,1-3H3. The highest BCUT2D eigenvalue weighted by Crippen LogP contribution is 2.28. The van der Waals surface area contributed by atoms with E-state index in [1.54, 1.807) is 0 Å². The van der Waals surface area contributed by atoms with Gasteiger partial charge < -0.3 is 15.2 Å². The quantitative estimate of drug-likeness (QED) is 0.758. The Bertz CT molecular complexity index is 385. The molecule has 0 atom stereocenters. The monoisotopic (exact) mass is 251 g/mol. The van der Waals surface area contributed by atoms with Crippen molar-refractivity contribution in [1.82, 2.24) is 0 Å². The van der Waals surface area contributed by atoms with Crippen molar-refractivity contribution in [2.24, 2.45) is 0 Å². The van der Waals surface area contributed by atoms with Crippen LogP contribution in [-0.2, 0) is 14.9 Å². The summed E-state index contributed by atoms with van der Waals surface area (Å²) in [4.78, 5) is 11.3. The number of ether oxygens (including phenoxy) is 1. The molecule has 0 saturated carbocycles. The Morgan fingerprint density at radius 3 is 2.44 bits per heavy atom. The lowest BCUT2D eigenvalue weighted by Gasteiger charge is -2.24. The summed E-state index contributed by atoms with van der Waals surface area (Å²) >= 11 is 0. The van der Waals surface area contributed by atoms with Gasteiger partial charge in [-0.05, 0) is 17.7 Å². The molecule has 1 aromatic carbocycles. The van der Waals surface area contributed by atoms with Crippen LogP contribution in [0.5, 0.6) is 0 Å². The number of nitrogens with one attached hydrogen (secondary N) is 1. The molecular weight excluding hydrogens is 230 g/mol. The van der Waals surface area contributed by atoms with Crippen molar-refractivity contribution in [2.45, 2.75) is 25.7 Å². The molecule has 0 fully saturated rings. The summed E-state index contributed by atoms with van der Waals surface area (Å²) in [6.07, 6.45) is 0.354. The summed E-state index contributed by atoms with van der Waals surface area (Å²) in [5.41, 5.74) is 1.80. The molecule has 100 valence electrons. The molecule has 0 amide bonds. The maximum Gasteiger partial charge on any atom is 0.306 e. The van der Waals surface area contributed by atoms with E-state index >= 15 is 0 Å². The fourth-order valence-corrected chi connectivity index (χ4v) is 1.77. The van der Waals surface area contributed by atoms with Crippen molar-refractivity contribution in [2.75, 3.05) is 25.6 Å². The Labute approximate surface area is 108 Å². The molecule has 0 saturated heterocycles. The Morgan fingerprint density at radius 1 is 1.33 bits per heavy atom. The first-order chi connectivity index (χ1) is 8.49. The number of methoxy groups -OCH3 is 1. The van der Waals surface area contributed by atoms with E-state index in [0.717, 1.165) is 11.3 Å². The molecule has 2 N–H and O–H groups in total. The zero-order valence-corrected chi connectivity index (χ0v) is 11.2. The number of anilines is 1. The first-order valence-electron chi connectivity index (χ1n) is 6.01. The number of benzene rings is 1. The van der Waals surface area contributed by atoms with E-state index in [2.05, 4.69) is 5.32 Å². The molecule has 0 unspecified atom stereocenters. The maximum absolute atomic E-state index is 11.3. The van der Waals surface area contributed by atoms with Crippen LogP contribution in [0.25, 0.3) is 0 Å². The predicted molar refractivity (Wildman–Crippen MR) is 71.7 cm³/mol. The van der Waals surface area contributed by atoms with Gasteiger partial charge in [-0.2, -0.15) is 0 Å². The summed E-state index contributed by atoms with van der Waals surface area (Å²) in [6.45, 7) is 4.67. The zero-order chi connectivity index (χ0) is 13.6. The Hall–Kier alpha value is -1.55. The van der Waals surface area contributed by atoms with Crippen molar-refractivity contribution in [3.63, 3.8) is 0 Å². The third kappa shape index (κ3) is 4.04. The minimum absolute atomic E-state index is 0.107. The van der Waals surface area contributed by atoms with E-state index in [0.29, 0.717) is 13.0 Å². The summed E-state index contributed by atoms with van der Waals surface area (Å²) in [7, 11) is 1.40. The predicted octanol–water partition coefficient (Wildman–Crippen LogP) is 1.93. The SMILES string of the molecule is COC(=O)CC(C)(C)c1ccc(NCCO)cc1. The van der Waals surface area contributed by atoms with Gasteiger partial charge in [0, 0.05) is 17.6 Å². The molecular formula is C14H21NO3. The highest BCUT2D eigenvalue weighted by atomic mass is 16.5. The molecule has 0 aliphatic rings. The molecule has 4 heteroatoms. The summed E-state index contributed by atoms with van der Waals surface area (Å²) < 4.78 is 4.71. The van der Waals surface area contributed by atoms with Crippen molar-refractivity contribution < 1.29 is 14.6 Å². The average Bonchev–Trinajstić information content (AvgIpc) is 2.36. The summed E-state index contributed by atoms with van der Waals surface area (Å²) in [6, 6.07) is 7.87. The number of rotatable bonds is 6. The van der Waals surface area contributed by atoms with Crippen molar-refractivity contribution in [3.8, 4) is 0 Å². The minimum atomic E-state index is -0.247. The number of esters is 1. The van der Waals surface area contributed by atoms with Gasteiger partial charge in [0.25, 0.3) is 0 Å². The van der Waals surface area contributed by atoms with Crippen LogP contribution in [0.3, 0.4) is 0 Å².